The van der Waals surface area contributed by atoms with E-state index in [0.29, 0.717) is 50.3 Å². The van der Waals surface area contributed by atoms with Crippen LogP contribution in [-0.2, 0) is 44.6 Å². The van der Waals surface area contributed by atoms with E-state index in [0.717, 1.165) is 41.2 Å². The van der Waals surface area contributed by atoms with Gasteiger partial charge >= 0.3 is 0 Å². The standard InChI is InChI=1S/C40H51ClN4O5S/c1-27-22-42-44(4)35(27)16-14-33(46)24-51(48)19-8-6-7-11-37(49-5)29(3)28(2)23-45-25-40(18-9-10-30-20-32(41)13-15-34(30)40)26-50-38-17-12-31(21-36(38)45)39(47)43-51/h7,11-13,15,17,20-22,28-29,37H,6,8-10,14,16,18-19,23-26H2,1-5H3/b11-7+/t28-,29+,37-,40-,51+/m0/s1. The van der Waals surface area contributed by atoms with Gasteiger partial charge in [-0.2, -0.15) is 9.46 Å². The molecule has 0 N–H and O–H groups in total. The van der Waals surface area contributed by atoms with Crippen molar-refractivity contribution in [2.45, 2.75) is 77.2 Å². The van der Waals surface area contributed by atoms with Crippen molar-refractivity contribution >= 4 is 38.7 Å². The number of carbonyl (C=O) groups is 2. The summed E-state index contributed by atoms with van der Waals surface area (Å²) in [5.74, 6) is 0.256. The second kappa shape index (κ2) is 15.6. The van der Waals surface area contributed by atoms with Gasteiger partial charge in [0.05, 0.1) is 40.1 Å². The zero-order valence-corrected chi connectivity index (χ0v) is 32.1. The number of allylic oxidation sites excluding steroid dienone is 1. The minimum atomic E-state index is -3.18. The highest BCUT2D eigenvalue weighted by Crippen LogP contribution is 2.45. The lowest BCUT2D eigenvalue weighted by molar-refractivity contribution is -0.116. The van der Waals surface area contributed by atoms with Crippen LogP contribution in [0.3, 0.4) is 0 Å². The highest BCUT2D eigenvalue weighted by Gasteiger charge is 2.42. The van der Waals surface area contributed by atoms with Gasteiger partial charge in [-0.15, -0.1) is 0 Å². The molecular formula is C40H51ClN4O5S. The number of carbonyl (C=O) groups excluding carboxylic acids is 2. The SMILES string of the molecule is CO[C@H]1/C=C/CCC[S@@](=O)(CC(=O)CCc2c(C)cnn2C)=NC(=O)c2ccc3c(c2)N(C[C@H](C)[C@H]1C)C[C@@]1(CCCc2cc(Cl)ccc21)CO3. The molecule has 1 amide bonds. The van der Waals surface area contributed by atoms with Gasteiger partial charge in [0.2, 0.25) is 0 Å². The first-order chi connectivity index (χ1) is 24.4. The molecule has 51 heavy (non-hydrogen) atoms. The second-order valence-electron chi connectivity index (χ2n) is 14.8. The van der Waals surface area contributed by atoms with Gasteiger partial charge in [0, 0.05) is 61.1 Å². The van der Waals surface area contributed by atoms with Gasteiger partial charge in [-0.05, 0) is 104 Å². The summed E-state index contributed by atoms with van der Waals surface area (Å²) in [4.78, 5) is 29.6. The van der Waals surface area contributed by atoms with Crippen molar-refractivity contribution in [1.29, 1.82) is 0 Å². The Hall–Kier alpha value is -3.47. The molecule has 5 atom stereocenters. The number of amides is 1. The van der Waals surface area contributed by atoms with Gasteiger partial charge < -0.3 is 14.4 Å². The van der Waals surface area contributed by atoms with E-state index in [4.69, 9.17) is 21.1 Å². The van der Waals surface area contributed by atoms with Crippen molar-refractivity contribution in [1.82, 2.24) is 9.78 Å². The average molecular weight is 735 g/mol. The minimum absolute atomic E-state index is 0.110. The molecule has 1 aromatic heterocycles. The van der Waals surface area contributed by atoms with E-state index in [2.05, 4.69) is 52.5 Å². The predicted molar refractivity (Wildman–Crippen MR) is 204 cm³/mol. The third kappa shape index (κ3) is 8.28. The molecule has 2 aliphatic heterocycles. The normalized spacial score (nSPS) is 27.6. The Morgan fingerprint density at radius 3 is 2.76 bits per heavy atom. The Morgan fingerprint density at radius 1 is 1.18 bits per heavy atom. The number of benzene rings is 2. The van der Waals surface area contributed by atoms with Crippen molar-refractivity contribution < 1.29 is 23.3 Å². The number of halogens is 1. The first kappa shape index (κ1) is 37.3. The lowest BCUT2D eigenvalue weighted by Gasteiger charge is -2.42. The Kier molecular flexibility index (Phi) is 11.4. The van der Waals surface area contributed by atoms with Crippen molar-refractivity contribution in [2.75, 3.05) is 43.2 Å². The third-order valence-electron chi connectivity index (χ3n) is 11.2. The molecule has 9 nitrogen and oxygen atoms in total. The molecule has 0 fully saturated rings. The minimum Gasteiger partial charge on any atom is -0.490 e. The molecule has 11 heteroatoms. The number of hydrogen-bond acceptors (Lipinski definition) is 7. The fourth-order valence-electron chi connectivity index (χ4n) is 8.08. The molecule has 274 valence electrons. The van der Waals surface area contributed by atoms with Gasteiger partial charge in [0.25, 0.3) is 5.91 Å². The molecule has 6 rings (SSSR count). The fraction of sp³-hybridized carbons (Fsp3) is 0.525. The molecule has 0 radical (unpaired) electrons. The number of Topliss-reactive ketones (excluding diaryl/α,β-unsaturated/α-hetero) is 1. The second-order valence-corrected chi connectivity index (χ2v) is 17.7. The Balaban J connectivity index is 1.37. The lowest BCUT2D eigenvalue weighted by atomic mass is 9.70. The summed E-state index contributed by atoms with van der Waals surface area (Å²) in [5, 5.41) is 5.01. The monoisotopic (exact) mass is 734 g/mol. The molecular weight excluding hydrogens is 684 g/mol. The summed E-state index contributed by atoms with van der Waals surface area (Å²) < 4.78 is 33.2. The number of nitrogens with zero attached hydrogens (tertiary/aromatic N) is 4. The number of methoxy groups -OCH3 is 1. The van der Waals surface area contributed by atoms with E-state index in [9.17, 15) is 13.8 Å². The van der Waals surface area contributed by atoms with Crippen molar-refractivity contribution in [3.63, 3.8) is 0 Å². The van der Waals surface area contributed by atoms with Gasteiger partial charge in [-0.1, -0.05) is 43.7 Å². The van der Waals surface area contributed by atoms with Crippen molar-refractivity contribution in [3.05, 3.63) is 87.7 Å². The Bertz CT molecular complexity index is 1910. The van der Waals surface area contributed by atoms with Gasteiger partial charge in [0.1, 0.15) is 11.5 Å². The summed E-state index contributed by atoms with van der Waals surface area (Å²) in [7, 11) is 0.410. The quantitative estimate of drug-likeness (QED) is 0.245. The molecule has 2 aromatic carbocycles. The summed E-state index contributed by atoms with van der Waals surface area (Å²) in [6.45, 7) is 8.36. The van der Waals surface area contributed by atoms with Crippen molar-refractivity contribution in [2.24, 2.45) is 23.2 Å². The van der Waals surface area contributed by atoms with Crippen LogP contribution >= 0.6 is 11.6 Å². The number of rotatable bonds is 6. The molecule has 3 aromatic rings. The number of fused-ring (bicyclic) bond motifs is 3. The fourth-order valence-corrected chi connectivity index (χ4v) is 10.2. The lowest BCUT2D eigenvalue weighted by Crippen LogP contribution is -2.47. The number of aryl methyl sites for hydroxylation is 3. The zero-order chi connectivity index (χ0) is 36.3. The highest BCUT2D eigenvalue weighted by molar-refractivity contribution is 7.94. The van der Waals surface area contributed by atoms with E-state index in [1.165, 1.54) is 11.1 Å². The average Bonchev–Trinajstić information content (AvgIpc) is 3.34. The smallest absolute Gasteiger partial charge is 0.285 e. The molecule has 2 bridgehead atoms. The van der Waals surface area contributed by atoms with Gasteiger partial charge in [0.15, 0.2) is 0 Å². The van der Waals surface area contributed by atoms with Crippen LogP contribution in [0.15, 0.2) is 59.1 Å². The summed E-state index contributed by atoms with van der Waals surface area (Å²) in [5.41, 5.74) is 5.39. The molecule has 1 aliphatic carbocycles. The van der Waals surface area contributed by atoms with Crippen molar-refractivity contribution in [3.8, 4) is 5.75 Å². The van der Waals surface area contributed by atoms with Crippen LogP contribution in [0.4, 0.5) is 5.69 Å². The highest BCUT2D eigenvalue weighted by atomic mass is 35.5. The topological polar surface area (TPSA) is 103 Å². The molecule has 3 heterocycles. The van der Waals surface area contributed by atoms with Crippen LogP contribution in [0.5, 0.6) is 5.75 Å². The maximum atomic E-state index is 14.4. The first-order valence-corrected chi connectivity index (χ1v) is 20.4. The van der Waals surface area contributed by atoms with Crippen LogP contribution < -0.4 is 9.64 Å². The maximum absolute atomic E-state index is 14.4. The van der Waals surface area contributed by atoms with E-state index >= 15 is 0 Å². The van der Waals surface area contributed by atoms with Crippen LogP contribution in [0.25, 0.3) is 0 Å². The number of anilines is 1. The molecule has 0 saturated carbocycles. The largest absolute Gasteiger partial charge is 0.490 e. The van der Waals surface area contributed by atoms with E-state index in [1.54, 1.807) is 24.1 Å². The zero-order valence-electron chi connectivity index (χ0n) is 30.5. The maximum Gasteiger partial charge on any atom is 0.285 e. The number of ketones is 1. The summed E-state index contributed by atoms with van der Waals surface area (Å²) in [6, 6.07) is 11.6. The Morgan fingerprint density at radius 2 is 2.00 bits per heavy atom. The summed E-state index contributed by atoms with van der Waals surface area (Å²) >= 11 is 6.45. The van der Waals surface area contributed by atoms with E-state index in [1.807, 2.05) is 32.2 Å². The van der Waals surface area contributed by atoms with Crippen LogP contribution in [0.2, 0.25) is 5.02 Å². The molecule has 0 unspecified atom stereocenters. The molecule has 3 aliphatic rings. The van der Waals surface area contributed by atoms with E-state index in [-0.39, 0.29) is 47.1 Å². The van der Waals surface area contributed by atoms with Crippen LogP contribution in [0, 0.1) is 18.8 Å². The van der Waals surface area contributed by atoms with Crippen LogP contribution in [0.1, 0.15) is 78.7 Å². The number of ether oxygens (including phenoxy) is 2. The molecule has 0 saturated heterocycles. The van der Waals surface area contributed by atoms with Gasteiger partial charge in [-0.3, -0.25) is 14.3 Å². The van der Waals surface area contributed by atoms with Crippen LogP contribution in [-0.4, -0.2) is 70.1 Å². The first-order valence-electron chi connectivity index (χ1n) is 18.2. The number of hydrogen-bond donors (Lipinski definition) is 0. The van der Waals surface area contributed by atoms with Gasteiger partial charge in [-0.25, -0.2) is 4.21 Å². The Labute approximate surface area is 307 Å². The van der Waals surface area contributed by atoms with E-state index < -0.39 is 15.6 Å². The number of aromatic nitrogens is 2. The third-order valence-corrected chi connectivity index (χ3v) is 13.6. The summed E-state index contributed by atoms with van der Waals surface area (Å²) in [6.07, 6.45) is 10.7. The molecule has 1 spiro atoms. The predicted octanol–water partition coefficient (Wildman–Crippen LogP) is 7.30.